The average molecular weight is 394 g/mol. The molecule has 2 aromatic rings. The number of nitrogens with zero attached hydrogens (tertiary/aromatic N) is 1. The molecule has 7 heteroatoms. The SMILES string of the molecule is CCCc1ccc(C(=O)CN2C(=O)N[C@](C)(c3ccc4c(c3)OCO4)C2=O)cc1. The van der Waals surface area contributed by atoms with E-state index < -0.39 is 17.5 Å². The Labute approximate surface area is 168 Å². The second-order valence-electron chi connectivity index (χ2n) is 7.38. The molecule has 2 heterocycles. The minimum Gasteiger partial charge on any atom is -0.454 e. The van der Waals surface area contributed by atoms with Crippen LogP contribution in [0.3, 0.4) is 0 Å². The molecule has 0 unspecified atom stereocenters. The zero-order chi connectivity index (χ0) is 20.6. The van der Waals surface area contributed by atoms with Gasteiger partial charge in [0.05, 0.1) is 6.54 Å². The number of urea groups is 1. The minimum absolute atomic E-state index is 0.119. The Balaban J connectivity index is 1.52. The van der Waals surface area contributed by atoms with Crippen LogP contribution in [0.2, 0.25) is 0 Å². The third-order valence-corrected chi connectivity index (χ3v) is 5.34. The molecule has 4 rings (SSSR count). The first kappa shape index (κ1) is 19.0. The first-order valence-corrected chi connectivity index (χ1v) is 9.59. The predicted molar refractivity (Wildman–Crippen MR) is 105 cm³/mol. The molecule has 2 aliphatic rings. The maximum absolute atomic E-state index is 13.1. The van der Waals surface area contributed by atoms with Gasteiger partial charge in [0.1, 0.15) is 5.54 Å². The average Bonchev–Trinajstić information content (AvgIpc) is 3.27. The molecule has 0 spiro atoms. The number of ketones is 1. The zero-order valence-electron chi connectivity index (χ0n) is 16.4. The monoisotopic (exact) mass is 394 g/mol. The van der Waals surface area contributed by atoms with Gasteiger partial charge in [-0.05, 0) is 36.6 Å². The summed E-state index contributed by atoms with van der Waals surface area (Å²) in [7, 11) is 0. The van der Waals surface area contributed by atoms with Crippen LogP contribution in [0, 0.1) is 0 Å². The summed E-state index contributed by atoms with van der Waals surface area (Å²) in [6, 6.07) is 11.8. The highest BCUT2D eigenvalue weighted by atomic mass is 16.7. The molecule has 1 fully saturated rings. The summed E-state index contributed by atoms with van der Waals surface area (Å²) in [5, 5.41) is 2.71. The van der Waals surface area contributed by atoms with Crippen LogP contribution >= 0.6 is 0 Å². The van der Waals surface area contributed by atoms with Gasteiger partial charge >= 0.3 is 6.03 Å². The molecule has 1 atom stereocenters. The van der Waals surface area contributed by atoms with Crippen LogP contribution in [-0.2, 0) is 16.8 Å². The van der Waals surface area contributed by atoms with Crippen LogP contribution < -0.4 is 14.8 Å². The quantitative estimate of drug-likeness (QED) is 0.601. The van der Waals surface area contributed by atoms with Gasteiger partial charge in [-0.1, -0.05) is 43.7 Å². The van der Waals surface area contributed by atoms with E-state index in [2.05, 4.69) is 12.2 Å². The molecule has 3 amide bonds. The van der Waals surface area contributed by atoms with E-state index in [1.165, 1.54) is 0 Å². The van der Waals surface area contributed by atoms with E-state index in [0.29, 0.717) is 22.6 Å². The molecule has 29 heavy (non-hydrogen) atoms. The molecule has 2 aromatic carbocycles. The smallest absolute Gasteiger partial charge is 0.325 e. The zero-order valence-corrected chi connectivity index (χ0v) is 16.4. The molecule has 2 aliphatic heterocycles. The molecule has 1 saturated heterocycles. The van der Waals surface area contributed by atoms with Crippen molar-refractivity contribution in [1.82, 2.24) is 10.2 Å². The van der Waals surface area contributed by atoms with Crippen LogP contribution in [0.1, 0.15) is 41.8 Å². The summed E-state index contributed by atoms with van der Waals surface area (Å²) in [5.41, 5.74) is 0.916. The summed E-state index contributed by atoms with van der Waals surface area (Å²) in [5.74, 6) is 0.351. The van der Waals surface area contributed by atoms with Gasteiger partial charge in [0, 0.05) is 5.56 Å². The summed E-state index contributed by atoms with van der Waals surface area (Å²) < 4.78 is 10.7. The fraction of sp³-hybridized carbons (Fsp3) is 0.318. The van der Waals surface area contributed by atoms with E-state index in [0.717, 1.165) is 23.3 Å². The van der Waals surface area contributed by atoms with Crippen LogP contribution in [0.25, 0.3) is 0 Å². The lowest BCUT2D eigenvalue weighted by Crippen LogP contribution is -2.41. The molecule has 0 saturated carbocycles. The normalized spacial score (nSPS) is 20.1. The molecule has 0 radical (unpaired) electrons. The van der Waals surface area contributed by atoms with Gasteiger partial charge in [-0.2, -0.15) is 0 Å². The molecule has 1 N–H and O–H groups in total. The third-order valence-electron chi connectivity index (χ3n) is 5.34. The van der Waals surface area contributed by atoms with Gasteiger partial charge in [0.25, 0.3) is 5.91 Å². The number of nitrogens with one attached hydrogen (secondary N) is 1. The van der Waals surface area contributed by atoms with Crippen LogP contribution in [-0.4, -0.2) is 36.0 Å². The number of Topliss-reactive ketones (excluding diaryl/α,β-unsaturated/α-hetero) is 1. The number of fused-ring (bicyclic) bond motifs is 1. The molecule has 0 aliphatic carbocycles. The Bertz CT molecular complexity index is 985. The van der Waals surface area contributed by atoms with E-state index in [9.17, 15) is 14.4 Å². The summed E-state index contributed by atoms with van der Waals surface area (Å²) in [6.07, 6.45) is 1.96. The number of ether oxygens (including phenoxy) is 2. The first-order chi connectivity index (χ1) is 13.9. The van der Waals surface area contributed by atoms with Gasteiger partial charge in [-0.15, -0.1) is 0 Å². The molecule has 7 nitrogen and oxygen atoms in total. The van der Waals surface area contributed by atoms with Crippen molar-refractivity contribution < 1.29 is 23.9 Å². The van der Waals surface area contributed by atoms with Crippen molar-refractivity contribution >= 4 is 17.7 Å². The minimum atomic E-state index is -1.27. The molecule has 150 valence electrons. The van der Waals surface area contributed by atoms with Crippen molar-refractivity contribution in [3.63, 3.8) is 0 Å². The number of imide groups is 1. The maximum atomic E-state index is 13.1. The Morgan fingerprint density at radius 3 is 2.55 bits per heavy atom. The fourth-order valence-corrected chi connectivity index (χ4v) is 3.62. The third kappa shape index (κ3) is 3.33. The van der Waals surface area contributed by atoms with Crippen molar-refractivity contribution in [2.45, 2.75) is 32.2 Å². The molecular formula is C22H22N2O5. The van der Waals surface area contributed by atoms with Crippen molar-refractivity contribution in [3.8, 4) is 11.5 Å². The molecular weight excluding hydrogens is 372 g/mol. The van der Waals surface area contributed by atoms with Crippen molar-refractivity contribution in [1.29, 1.82) is 0 Å². The number of benzene rings is 2. The van der Waals surface area contributed by atoms with E-state index >= 15 is 0 Å². The second-order valence-corrected chi connectivity index (χ2v) is 7.38. The summed E-state index contributed by atoms with van der Waals surface area (Å²) in [6.45, 7) is 3.52. The van der Waals surface area contributed by atoms with Gasteiger partial charge in [-0.3, -0.25) is 14.5 Å². The number of hydrogen-bond acceptors (Lipinski definition) is 5. The first-order valence-electron chi connectivity index (χ1n) is 9.59. The lowest BCUT2D eigenvalue weighted by atomic mass is 9.91. The fourth-order valence-electron chi connectivity index (χ4n) is 3.62. The highest BCUT2D eigenvalue weighted by Gasteiger charge is 2.49. The van der Waals surface area contributed by atoms with Gasteiger partial charge < -0.3 is 14.8 Å². The highest BCUT2D eigenvalue weighted by molar-refractivity contribution is 6.11. The number of rotatable bonds is 6. The van der Waals surface area contributed by atoms with Gasteiger partial charge in [0.15, 0.2) is 17.3 Å². The molecule has 0 aromatic heterocycles. The number of amides is 3. The highest BCUT2D eigenvalue weighted by Crippen LogP contribution is 2.37. The van der Waals surface area contributed by atoms with Gasteiger partial charge in [0.2, 0.25) is 6.79 Å². The predicted octanol–water partition coefficient (Wildman–Crippen LogP) is 3.02. The van der Waals surface area contributed by atoms with Crippen LogP contribution in [0.5, 0.6) is 11.5 Å². The van der Waals surface area contributed by atoms with E-state index in [1.807, 2.05) is 12.1 Å². The van der Waals surface area contributed by atoms with E-state index in [4.69, 9.17) is 9.47 Å². The van der Waals surface area contributed by atoms with Crippen molar-refractivity contribution in [3.05, 3.63) is 59.2 Å². The van der Waals surface area contributed by atoms with Crippen molar-refractivity contribution in [2.75, 3.05) is 13.3 Å². The Kier molecular flexibility index (Phi) is 4.74. The summed E-state index contributed by atoms with van der Waals surface area (Å²) >= 11 is 0. The Morgan fingerprint density at radius 1 is 1.10 bits per heavy atom. The lowest BCUT2D eigenvalue weighted by molar-refractivity contribution is -0.130. The topological polar surface area (TPSA) is 84.9 Å². The number of aryl methyl sites for hydroxylation is 1. The lowest BCUT2D eigenvalue weighted by Gasteiger charge is -2.22. The molecule has 0 bridgehead atoms. The largest absolute Gasteiger partial charge is 0.454 e. The summed E-state index contributed by atoms with van der Waals surface area (Å²) in [4.78, 5) is 39.2. The van der Waals surface area contributed by atoms with E-state index in [-0.39, 0.29) is 19.1 Å². The van der Waals surface area contributed by atoms with Crippen LogP contribution in [0.15, 0.2) is 42.5 Å². The number of carbonyl (C=O) groups is 3. The van der Waals surface area contributed by atoms with Gasteiger partial charge in [-0.25, -0.2) is 4.79 Å². The number of carbonyl (C=O) groups excluding carboxylic acids is 3. The van der Waals surface area contributed by atoms with E-state index in [1.54, 1.807) is 37.3 Å². The van der Waals surface area contributed by atoms with Crippen LogP contribution in [0.4, 0.5) is 4.79 Å². The Hall–Kier alpha value is -3.35. The second kappa shape index (κ2) is 7.24. The Morgan fingerprint density at radius 2 is 1.83 bits per heavy atom. The maximum Gasteiger partial charge on any atom is 0.325 e. The number of hydrogen-bond donors (Lipinski definition) is 1. The standard InChI is InChI=1S/C22H22N2O5/c1-3-4-14-5-7-15(8-6-14)17(25)12-24-20(26)22(2,23-21(24)27)16-9-10-18-19(11-16)29-13-28-18/h5-11H,3-4,12-13H2,1-2H3,(H,23,27)/t22-/m1/s1. The van der Waals surface area contributed by atoms with Crippen molar-refractivity contribution in [2.24, 2.45) is 0 Å².